The lowest BCUT2D eigenvalue weighted by Crippen LogP contribution is -2.32. The summed E-state index contributed by atoms with van der Waals surface area (Å²) in [7, 11) is 0. The van der Waals surface area contributed by atoms with Gasteiger partial charge in [-0.15, -0.1) is 0 Å². The molecule has 0 atom stereocenters. The lowest BCUT2D eigenvalue weighted by atomic mass is 10.2. The monoisotopic (exact) mass is 180 g/mol. The van der Waals surface area contributed by atoms with E-state index in [-0.39, 0.29) is 5.91 Å². The summed E-state index contributed by atoms with van der Waals surface area (Å²) in [6.07, 6.45) is 7.42. The van der Waals surface area contributed by atoms with Crippen molar-refractivity contribution in [2.45, 2.75) is 31.7 Å². The van der Waals surface area contributed by atoms with Crippen molar-refractivity contribution >= 4 is 5.91 Å². The maximum absolute atomic E-state index is 11.5. The molecule has 0 unspecified atom stereocenters. The minimum atomic E-state index is -0.0758. The van der Waals surface area contributed by atoms with Crippen molar-refractivity contribution in [2.75, 3.05) is 0 Å². The van der Waals surface area contributed by atoms with Gasteiger partial charge in [-0.1, -0.05) is 18.0 Å². The van der Waals surface area contributed by atoms with Crippen molar-refractivity contribution in [3.05, 3.63) is 18.0 Å². The number of carbonyl (C=O) groups is 1. The molecule has 1 fully saturated rings. The van der Waals surface area contributed by atoms with Gasteiger partial charge in [0.05, 0.1) is 11.8 Å². The van der Waals surface area contributed by atoms with Crippen molar-refractivity contribution < 1.29 is 9.32 Å². The number of nitrogens with zero attached hydrogens (tertiary/aromatic N) is 1. The van der Waals surface area contributed by atoms with Crippen LogP contribution in [0.5, 0.6) is 0 Å². The topological polar surface area (TPSA) is 55.1 Å². The largest absolute Gasteiger partial charge is 0.364 e. The van der Waals surface area contributed by atoms with Gasteiger partial charge in [0.2, 0.25) is 0 Å². The molecular formula is C9H12N2O2. The Balaban J connectivity index is 1.91. The Kier molecular flexibility index (Phi) is 2.29. The third-order valence-corrected chi connectivity index (χ3v) is 2.38. The molecule has 0 radical (unpaired) electrons. The first kappa shape index (κ1) is 8.29. The van der Waals surface area contributed by atoms with Gasteiger partial charge in [0.1, 0.15) is 6.26 Å². The summed E-state index contributed by atoms with van der Waals surface area (Å²) in [5, 5.41) is 6.42. The van der Waals surface area contributed by atoms with Crippen LogP contribution in [0.2, 0.25) is 0 Å². The Hall–Kier alpha value is -1.32. The van der Waals surface area contributed by atoms with Gasteiger partial charge < -0.3 is 9.84 Å². The van der Waals surface area contributed by atoms with Crippen molar-refractivity contribution in [2.24, 2.45) is 0 Å². The number of aromatic nitrogens is 1. The van der Waals surface area contributed by atoms with E-state index in [1.807, 2.05) is 0 Å². The number of amides is 1. The Morgan fingerprint density at radius 1 is 1.54 bits per heavy atom. The third kappa shape index (κ3) is 1.88. The number of hydrogen-bond donors (Lipinski definition) is 1. The zero-order valence-corrected chi connectivity index (χ0v) is 7.32. The molecule has 0 aromatic carbocycles. The maximum Gasteiger partial charge on any atom is 0.256 e. The smallest absolute Gasteiger partial charge is 0.256 e. The van der Waals surface area contributed by atoms with Gasteiger partial charge in [-0.05, 0) is 12.8 Å². The quantitative estimate of drug-likeness (QED) is 0.747. The van der Waals surface area contributed by atoms with Crippen LogP contribution in [0.25, 0.3) is 0 Å². The van der Waals surface area contributed by atoms with Gasteiger partial charge in [-0.25, -0.2) is 0 Å². The molecule has 1 amide bonds. The first-order chi connectivity index (χ1) is 6.36. The van der Waals surface area contributed by atoms with Crippen molar-refractivity contribution in [3.63, 3.8) is 0 Å². The molecule has 13 heavy (non-hydrogen) atoms. The van der Waals surface area contributed by atoms with Crippen LogP contribution in [-0.2, 0) is 0 Å². The second-order valence-electron chi connectivity index (χ2n) is 3.37. The Morgan fingerprint density at radius 3 is 2.92 bits per heavy atom. The summed E-state index contributed by atoms with van der Waals surface area (Å²) < 4.78 is 4.59. The lowest BCUT2D eigenvalue weighted by molar-refractivity contribution is 0.0937. The van der Waals surface area contributed by atoms with E-state index in [1.165, 1.54) is 25.3 Å². The molecule has 4 heteroatoms. The first-order valence-corrected chi connectivity index (χ1v) is 4.56. The summed E-state index contributed by atoms with van der Waals surface area (Å²) in [4.78, 5) is 11.5. The number of nitrogens with one attached hydrogen (secondary N) is 1. The van der Waals surface area contributed by atoms with E-state index in [1.54, 1.807) is 0 Å². The van der Waals surface area contributed by atoms with Crippen LogP contribution in [0.4, 0.5) is 0 Å². The molecule has 1 aliphatic carbocycles. The van der Waals surface area contributed by atoms with Crippen LogP contribution in [0, 0.1) is 0 Å². The van der Waals surface area contributed by atoms with Crippen molar-refractivity contribution in [3.8, 4) is 0 Å². The zero-order valence-electron chi connectivity index (χ0n) is 7.32. The fraction of sp³-hybridized carbons (Fsp3) is 0.556. The summed E-state index contributed by atoms with van der Waals surface area (Å²) in [5.74, 6) is -0.0758. The maximum atomic E-state index is 11.5. The molecule has 1 aliphatic rings. The average molecular weight is 180 g/mol. The van der Waals surface area contributed by atoms with E-state index in [9.17, 15) is 4.79 Å². The highest BCUT2D eigenvalue weighted by Gasteiger charge is 2.18. The Labute approximate surface area is 76.3 Å². The van der Waals surface area contributed by atoms with Gasteiger partial charge >= 0.3 is 0 Å². The van der Waals surface area contributed by atoms with Crippen LogP contribution in [0.15, 0.2) is 17.0 Å². The molecule has 2 rings (SSSR count). The molecule has 0 bridgehead atoms. The van der Waals surface area contributed by atoms with Gasteiger partial charge in [-0.3, -0.25) is 4.79 Å². The summed E-state index contributed by atoms with van der Waals surface area (Å²) in [5.41, 5.74) is 0.506. The van der Waals surface area contributed by atoms with Crippen LogP contribution >= 0.6 is 0 Å². The van der Waals surface area contributed by atoms with Crippen LogP contribution < -0.4 is 5.32 Å². The highest BCUT2D eigenvalue weighted by molar-refractivity contribution is 5.93. The van der Waals surface area contributed by atoms with E-state index in [4.69, 9.17) is 0 Å². The van der Waals surface area contributed by atoms with E-state index in [2.05, 4.69) is 15.0 Å². The van der Waals surface area contributed by atoms with E-state index in [0.717, 1.165) is 12.8 Å². The standard InChI is InChI=1S/C9H12N2O2/c12-9(7-5-10-13-6-7)11-8-3-1-2-4-8/h5-6,8H,1-4H2,(H,11,12). The minimum Gasteiger partial charge on any atom is -0.364 e. The Bertz CT molecular complexity index is 276. The molecular weight excluding hydrogens is 168 g/mol. The fourth-order valence-electron chi connectivity index (χ4n) is 1.66. The van der Waals surface area contributed by atoms with E-state index >= 15 is 0 Å². The highest BCUT2D eigenvalue weighted by Crippen LogP contribution is 2.17. The SMILES string of the molecule is O=C(NC1CCCC1)c1cnoc1. The number of rotatable bonds is 2. The molecule has 1 saturated carbocycles. The first-order valence-electron chi connectivity index (χ1n) is 4.56. The van der Waals surface area contributed by atoms with Gasteiger partial charge in [0, 0.05) is 6.04 Å². The molecule has 0 aliphatic heterocycles. The van der Waals surface area contributed by atoms with E-state index < -0.39 is 0 Å². The zero-order chi connectivity index (χ0) is 9.10. The predicted molar refractivity (Wildman–Crippen MR) is 46.2 cm³/mol. The second kappa shape index (κ2) is 3.60. The lowest BCUT2D eigenvalue weighted by Gasteiger charge is -2.09. The van der Waals surface area contributed by atoms with Crippen LogP contribution in [0.3, 0.4) is 0 Å². The molecule has 0 spiro atoms. The van der Waals surface area contributed by atoms with Crippen molar-refractivity contribution in [1.29, 1.82) is 0 Å². The average Bonchev–Trinajstić information content (AvgIpc) is 2.74. The molecule has 1 aromatic heterocycles. The molecule has 1 N–H and O–H groups in total. The van der Waals surface area contributed by atoms with E-state index in [0.29, 0.717) is 11.6 Å². The molecule has 1 aromatic rings. The fourth-order valence-corrected chi connectivity index (χ4v) is 1.66. The molecule has 0 saturated heterocycles. The Morgan fingerprint density at radius 2 is 2.31 bits per heavy atom. The van der Waals surface area contributed by atoms with Gasteiger partial charge in [0.15, 0.2) is 0 Å². The van der Waals surface area contributed by atoms with Gasteiger partial charge in [-0.2, -0.15) is 0 Å². The van der Waals surface area contributed by atoms with Crippen LogP contribution in [-0.4, -0.2) is 17.1 Å². The molecule has 70 valence electrons. The number of hydrogen-bond acceptors (Lipinski definition) is 3. The summed E-state index contributed by atoms with van der Waals surface area (Å²) >= 11 is 0. The molecule has 1 heterocycles. The normalized spacial score (nSPS) is 17.5. The third-order valence-electron chi connectivity index (χ3n) is 2.38. The second-order valence-corrected chi connectivity index (χ2v) is 3.37. The van der Waals surface area contributed by atoms with Gasteiger partial charge in [0.25, 0.3) is 5.91 Å². The summed E-state index contributed by atoms with van der Waals surface area (Å²) in [6, 6.07) is 0.349. The molecule has 4 nitrogen and oxygen atoms in total. The predicted octanol–water partition coefficient (Wildman–Crippen LogP) is 1.35. The summed E-state index contributed by atoms with van der Waals surface area (Å²) in [6.45, 7) is 0. The van der Waals surface area contributed by atoms with Crippen LogP contribution in [0.1, 0.15) is 36.0 Å². The minimum absolute atomic E-state index is 0.0758. The highest BCUT2D eigenvalue weighted by atomic mass is 16.5. The number of carbonyl (C=O) groups excluding carboxylic acids is 1. The van der Waals surface area contributed by atoms with Crippen molar-refractivity contribution in [1.82, 2.24) is 10.5 Å².